The Labute approximate surface area is 160 Å². The lowest BCUT2D eigenvalue weighted by molar-refractivity contribution is -0.147. The molecule has 1 aliphatic rings. The van der Waals surface area contributed by atoms with E-state index >= 15 is 0 Å². The Morgan fingerprint density at radius 1 is 1.11 bits per heavy atom. The number of methoxy groups -OCH3 is 1. The first-order valence-electron chi connectivity index (χ1n) is 9.15. The van der Waals surface area contributed by atoms with Crippen molar-refractivity contribution in [3.63, 3.8) is 0 Å². The highest BCUT2D eigenvalue weighted by molar-refractivity contribution is 6.10. The van der Waals surface area contributed by atoms with E-state index in [0.717, 1.165) is 17.5 Å². The summed E-state index contributed by atoms with van der Waals surface area (Å²) in [5.74, 6) is 0.0699. The van der Waals surface area contributed by atoms with Crippen LogP contribution in [0.2, 0.25) is 0 Å². The second kappa shape index (κ2) is 7.43. The van der Waals surface area contributed by atoms with Crippen LogP contribution in [-0.4, -0.2) is 30.4 Å². The number of anilines is 1. The SMILES string of the molecule is COc1ccc(C)cc1NC(=O)C(C)(C)C(=O)N1CCc2ccccc2C1. The van der Waals surface area contributed by atoms with Gasteiger partial charge in [-0.3, -0.25) is 9.59 Å². The molecule has 1 N–H and O–H groups in total. The van der Waals surface area contributed by atoms with E-state index in [1.54, 1.807) is 31.9 Å². The number of carbonyl (C=O) groups is 2. The largest absolute Gasteiger partial charge is 0.495 e. The lowest BCUT2D eigenvalue weighted by atomic mass is 9.88. The number of fused-ring (bicyclic) bond motifs is 1. The second-order valence-electron chi connectivity index (χ2n) is 7.53. The van der Waals surface area contributed by atoms with Gasteiger partial charge < -0.3 is 15.0 Å². The Balaban J connectivity index is 1.76. The maximum absolute atomic E-state index is 13.1. The Bertz CT molecular complexity index is 874. The minimum Gasteiger partial charge on any atom is -0.495 e. The predicted octanol–water partition coefficient (Wildman–Crippen LogP) is 3.55. The molecule has 0 aliphatic carbocycles. The summed E-state index contributed by atoms with van der Waals surface area (Å²) >= 11 is 0. The topological polar surface area (TPSA) is 58.6 Å². The highest BCUT2D eigenvalue weighted by Gasteiger charge is 2.40. The summed E-state index contributed by atoms with van der Waals surface area (Å²) < 4.78 is 5.32. The average molecular weight is 366 g/mol. The maximum Gasteiger partial charge on any atom is 0.239 e. The van der Waals surface area contributed by atoms with Crippen LogP contribution in [0, 0.1) is 12.3 Å². The summed E-state index contributed by atoms with van der Waals surface area (Å²) in [5.41, 5.74) is 2.82. The first-order valence-corrected chi connectivity index (χ1v) is 9.15. The smallest absolute Gasteiger partial charge is 0.239 e. The number of amides is 2. The maximum atomic E-state index is 13.1. The normalized spacial score (nSPS) is 13.7. The summed E-state index contributed by atoms with van der Waals surface area (Å²) in [7, 11) is 1.56. The Morgan fingerprint density at radius 3 is 2.52 bits per heavy atom. The molecular formula is C22H26N2O3. The van der Waals surface area contributed by atoms with Crippen LogP contribution in [0.5, 0.6) is 5.75 Å². The minimum absolute atomic E-state index is 0.166. The summed E-state index contributed by atoms with van der Waals surface area (Å²) in [6, 6.07) is 13.7. The lowest BCUT2D eigenvalue weighted by Gasteiger charge is -2.34. The molecule has 2 aromatic carbocycles. The van der Waals surface area contributed by atoms with Crippen LogP contribution in [0.25, 0.3) is 0 Å². The van der Waals surface area contributed by atoms with E-state index in [1.165, 1.54) is 5.56 Å². The fraction of sp³-hybridized carbons (Fsp3) is 0.364. The zero-order valence-electron chi connectivity index (χ0n) is 16.3. The zero-order chi connectivity index (χ0) is 19.6. The van der Waals surface area contributed by atoms with Crippen molar-refractivity contribution in [3.05, 3.63) is 59.2 Å². The molecule has 2 amide bonds. The van der Waals surface area contributed by atoms with Crippen LogP contribution in [0.1, 0.15) is 30.5 Å². The molecule has 142 valence electrons. The highest BCUT2D eigenvalue weighted by Crippen LogP contribution is 2.30. The highest BCUT2D eigenvalue weighted by atomic mass is 16.5. The van der Waals surface area contributed by atoms with Crippen LogP contribution in [0.3, 0.4) is 0 Å². The fourth-order valence-electron chi connectivity index (χ4n) is 3.36. The third-order valence-corrected chi connectivity index (χ3v) is 5.12. The van der Waals surface area contributed by atoms with Crippen molar-refractivity contribution in [2.45, 2.75) is 33.7 Å². The zero-order valence-corrected chi connectivity index (χ0v) is 16.3. The van der Waals surface area contributed by atoms with Gasteiger partial charge >= 0.3 is 0 Å². The van der Waals surface area contributed by atoms with Crippen molar-refractivity contribution in [2.24, 2.45) is 5.41 Å². The van der Waals surface area contributed by atoms with Gasteiger partial charge in [0.2, 0.25) is 11.8 Å². The van der Waals surface area contributed by atoms with Crippen LogP contribution >= 0.6 is 0 Å². The van der Waals surface area contributed by atoms with Crippen molar-refractivity contribution in [1.29, 1.82) is 0 Å². The summed E-state index contributed by atoms with van der Waals surface area (Å²) in [4.78, 5) is 27.8. The molecule has 0 saturated heterocycles. The Kier molecular flexibility index (Phi) is 5.22. The van der Waals surface area contributed by atoms with Gasteiger partial charge in [-0.15, -0.1) is 0 Å². The van der Waals surface area contributed by atoms with Crippen LogP contribution in [0.4, 0.5) is 5.69 Å². The van der Waals surface area contributed by atoms with E-state index < -0.39 is 5.41 Å². The van der Waals surface area contributed by atoms with Crippen LogP contribution in [-0.2, 0) is 22.6 Å². The first kappa shape index (κ1) is 19.0. The van der Waals surface area contributed by atoms with E-state index in [-0.39, 0.29) is 11.8 Å². The van der Waals surface area contributed by atoms with Gasteiger partial charge in [0.05, 0.1) is 12.8 Å². The molecule has 0 aromatic heterocycles. The van der Waals surface area contributed by atoms with Gasteiger partial charge in [0.1, 0.15) is 11.2 Å². The summed E-state index contributed by atoms with van der Waals surface area (Å²) in [6.45, 7) is 6.46. The second-order valence-corrected chi connectivity index (χ2v) is 7.53. The molecule has 0 unspecified atom stereocenters. The van der Waals surface area contributed by atoms with E-state index in [2.05, 4.69) is 11.4 Å². The van der Waals surface area contributed by atoms with Crippen molar-refractivity contribution < 1.29 is 14.3 Å². The quantitative estimate of drug-likeness (QED) is 0.842. The van der Waals surface area contributed by atoms with Gasteiger partial charge in [-0.05, 0) is 56.0 Å². The summed E-state index contributed by atoms with van der Waals surface area (Å²) in [6.07, 6.45) is 0.811. The van der Waals surface area contributed by atoms with Gasteiger partial charge in [-0.25, -0.2) is 0 Å². The van der Waals surface area contributed by atoms with Gasteiger partial charge in [-0.2, -0.15) is 0 Å². The number of ether oxygens (including phenoxy) is 1. The third kappa shape index (κ3) is 3.82. The van der Waals surface area contributed by atoms with E-state index in [0.29, 0.717) is 24.5 Å². The molecule has 0 saturated carbocycles. The average Bonchev–Trinajstić information content (AvgIpc) is 2.67. The van der Waals surface area contributed by atoms with Gasteiger partial charge in [0.25, 0.3) is 0 Å². The number of benzene rings is 2. The molecule has 5 heteroatoms. The molecule has 5 nitrogen and oxygen atoms in total. The molecule has 1 heterocycles. The van der Waals surface area contributed by atoms with Gasteiger partial charge in [0.15, 0.2) is 0 Å². The molecule has 27 heavy (non-hydrogen) atoms. The van der Waals surface area contributed by atoms with E-state index in [9.17, 15) is 9.59 Å². The predicted molar refractivity (Wildman–Crippen MR) is 106 cm³/mol. The molecule has 0 radical (unpaired) electrons. The van der Waals surface area contributed by atoms with Crippen molar-refractivity contribution in [3.8, 4) is 5.75 Å². The molecule has 0 spiro atoms. The van der Waals surface area contributed by atoms with Gasteiger partial charge in [-0.1, -0.05) is 30.3 Å². The molecule has 2 aromatic rings. The van der Waals surface area contributed by atoms with Crippen molar-refractivity contribution >= 4 is 17.5 Å². The number of rotatable bonds is 4. The molecule has 1 aliphatic heterocycles. The third-order valence-electron chi connectivity index (χ3n) is 5.12. The molecular weight excluding hydrogens is 340 g/mol. The van der Waals surface area contributed by atoms with Crippen LogP contribution < -0.4 is 10.1 Å². The molecule has 3 rings (SSSR count). The number of carbonyl (C=O) groups excluding carboxylic acids is 2. The number of nitrogens with one attached hydrogen (secondary N) is 1. The Hall–Kier alpha value is -2.82. The number of nitrogens with zero attached hydrogens (tertiary/aromatic N) is 1. The minimum atomic E-state index is -1.18. The summed E-state index contributed by atoms with van der Waals surface area (Å²) in [5, 5.41) is 2.87. The standard InChI is InChI=1S/C22H26N2O3/c1-15-9-10-19(27-4)18(13-15)23-20(25)22(2,3)21(26)24-12-11-16-7-5-6-8-17(16)14-24/h5-10,13H,11-12,14H2,1-4H3,(H,23,25). The number of hydrogen-bond donors (Lipinski definition) is 1. The monoisotopic (exact) mass is 366 g/mol. The Morgan fingerprint density at radius 2 is 1.81 bits per heavy atom. The van der Waals surface area contributed by atoms with Gasteiger partial charge in [0, 0.05) is 13.1 Å². The number of aryl methyl sites for hydroxylation is 1. The molecule has 0 fully saturated rings. The first-order chi connectivity index (χ1) is 12.8. The van der Waals surface area contributed by atoms with Crippen molar-refractivity contribution in [2.75, 3.05) is 19.0 Å². The van der Waals surface area contributed by atoms with Crippen LogP contribution in [0.15, 0.2) is 42.5 Å². The van der Waals surface area contributed by atoms with E-state index in [4.69, 9.17) is 4.74 Å². The fourth-order valence-corrected chi connectivity index (χ4v) is 3.36. The molecule has 0 atom stereocenters. The molecule has 0 bridgehead atoms. The lowest BCUT2D eigenvalue weighted by Crippen LogP contribution is -2.48. The van der Waals surface area contributed by atoms with E-state index in [1.807, 2.05) is 37.3 Å². The van der Waals surface area contributed by atoms with Crippen molar-refractivity contribution in [1.82, 2.24) is 4.90 Å². The number of hydrogen-bond acceptors (Lipinski definition) is 3.